The van der Waals surface area contributed by atoms with Crippen molar-refractivity contribution in [3.05, 3.63) is 29.8 Å². The highest BCUT2D eigenvalue weighted by Crippen LogP contribution is 2.21. The Morgan fingerprint density at radius 1 is 1.20 bits per heavy atom. The molecule has 1 aliphatic carbocycles. The van der Waals surface area contributed by atoms with Gasteiger partial charge in [-0.2, -0.15) is 0 Å². The molecule has 2 rings (SSSR count). The molecule has 20 heavy (non-hydrogen) atoms. The van der Waals surface area contributed by atoms with E-state index in [-0.39, 0.29) is 11.9 Å². The molecule has 4 heteroatoms. The highest BCUT2D eigenvalue weighted by molar-refractivity contribution is 5.97. The van der Waals surface area contributed by atoms with Crippen LogP contribution in [0.5, 0.6) is 5.75 Å². The van der Waals surface area contributed by atoms with Gasteiger partial charge in [-0.05, 0) is 51.8 Å². The molecule has 0 bridgehead atoms. The maximum Gasteiger partial charge on any atom is 0.255 e. The van der Waals surface area contributed by atoms with Gasteiger partial charge in [-0.15, -0.1) is 0 Å². The van der Waals surface area contributed by atoms with Crippen molar-refractivity contribution in [2.45, 2.75) is 44.7 Å². The third-order valence-electron chi connectivity index (χ3n) is 3.90. The van der Waals surface area contributed by atoms with Gasteiger partial charge in [0.15, 0.2) is 0 Å². The first-order valence-electron chi connectivity index (χ1n) is 7.44. The Morgan fingerprint density at radius 2 is 1.85 bits per heavy atom. The molecule has 110 valence electrons. The van der Waals surface area contributed by atoms with Crippen LogP contribution < -0.4 is 15.4 Å². The van der Waals surface area contributed by atoms with E-state index in [0.717, 1.165) is 25.7 Å². The van der Waals surface area contributed by atoms with Gasteiger partial charge in [-0.1, -0.05) is 12.1 Å². The zero-order valence-electron chi connectivity index (χ0n) is 12.3. The van der Waals surface area contributed by atoms with E-state index in [2.05, 4.69) is 10.6 Å². The van der Waals surface area contributed by atoms with Crippen molar-refractivity contribution in [3.63, 3.8) is 0 Å². The Kier molecular flexibility index (Phi) is 5.41. The molecule has 1 aromatic carbocycles. The van der Waals surface area contributed by atoms with Crippen LogP contribution in [-0.4, -0.2) is 31.6 Å². The summed E-state index contributed by atoms with van der Waals surface area (Å²) in [6, 6.07) is 8.30. The first-order chi connectivity index (χ1) is 9.74. The van der Waals surface area contributed by atoms with Crippen molar-refractivity contribution in [2.24, 2.45) is 0 Å². The summed E-state index contributed by atoms with van der Waals surface area (Å²) in [6.07, 6.45) is 4.31. The van der Waals surface area contributed by atoms with Crippen LogP contribution in [0.3, 0.4) is 0 Å². The van der Waals surface area contributed by atoms with Gasteiger partial charge in [0.2, 0.25) is 0 Å². The SMILES string of the molecule is CCOc1ccccc1C(=O)NC1CCC(NC)CC1. The highest BCUT2D eigenvalue weighted by atomic mass is 16.5. The molecule has 1 saturated carbocycles. The number of hydrogen-bond donors (Lipinski definition) is 2. The molecule has 1 fully saturated rings. The van der Waals surface area contributed by atoms with Gasteiger partial charge < -0.3 is 15.4 Å². The van der Waals surface area contributed by atoms with Crippen LogP contribution in [0, 0.1) is 0 Å². The van der Waals surface area contributed by atoms with Gasteiger partial charge in [-0.25, -0.2) is 0 Å². The average molecular weight is 276 g/mol. The second kappa shape index (κ2) is 7.29. The van der Waals surface area contributed by atoms with Crippen LogP contribution in [0.4, 0.5) is 0 Å². The van der Waals surface area contributed by atoms with Gasteiger partial charge in [0, 0.05) is 12.1 Å². The van der Waals surface area contributed by atoms with E-state index in [1.165, 1.54) is 0 Å². The van der Waals surface area contributed by atoms with E-state index in [0.29, 0.717) is 24.0 Å². The molecule has 2 N–H and O–H groups in total. The summed E-state index contributed by atoms with van der Waals surface area (Å²) in [4.78, 5) is 12.4. The fourth-order valence-corrected chi connectivity index (χ4v) is 2.73. The lowest BCUT2D eigenvalue weighted by Crippen LogP contribution is -2.41. The molecule has 0 atom stereocenters. The number of carbonyl (C=O) groups is 1. The van der Waals surface area contributed by atoms with Gasteiger partial charge in [-0.3, -0.25) is 4.79 Å². The van der Waals surface area contributed by atoms with Crippen LogP contribution in [0.2, 0.25) is 0 Å². The summed E-state index contributed by atoms with van der Waals surface area (Å²) in [5.41, 5.74) is 0.630. The van der Waals surface area contributed by atoms with Gasteiger partial charge in [0.25, 0.3) is 5.91 Å². The van der Waals surface area contributed by atoms with Gasteiger partial charge in [0.1, 0.15) is 5.75 Å². The fourth-order valence-electron chi connectivity index (χ4n) is 2.73. The number of ether oxygens (including phenoxy) is 1. The number of amides is 1. The molecule has 0 aliphatic heterocycles. The number of para-hydroxylation sites is 1. The van der Waals surface area contributed by atoms with Crippen molar-refractivity contribution in [3.8, 4) is 5.75 Å². The topological polar surface area (TPSA) is 50.4 Å². The van der Waals surface area contributed by atoms with Gasteiger partial charge >= 0.3 is 0 Å². The number of nitrogens with one attached hydrogen (secondary N) is 2. The first-order valence-corrected chi connectivity index (χ1v) is 7.44. The van der Waals surface area contributed by atoms with Crippen molar-refractivity contribution >= 4 is 5.91 Å². The third-order valence-corrected chi connectivity index (χ3v) is 3.90. The summed E-state index contributed by atoms with van der Waals surface area (Å²) in [7, 11) is 2.00. The van der Waals surface area contributed by atoms with Crippen molar-refractivity contribution in [2.75, 3.05) is 13.7 Å². The van der Waals surface area contributed by atoms with Crippen LogP contribution >= 0.6 is 0 Å². The minimum atomic E-state index is -0.0260. The second-order valence-corrected chi connectivity index (χ2v) is 5.24. The maximum absolute atomic E-state index is 12.4. The molecule has 0 spiro atoms. The van der Waals surface area contributed by atoms with Crippen molar-refractivity contribution in [1.29, 1.82) is 0 Å². The quantitative estimate of drug-likeness (QED) is 0.868. The number of rotatable bonds is 5. The van der Waals surface area contributed by atoms with E-state index >= 15 is 0 Å². The molecule has 1 amide bonds. The molecular formula is C16H24N2O2. The van der Waals surface area contributed by atoms with Crippen LogP contribution in [0.1, 0.15) is 43.0 Å². The Bertz CT molecular complexity index is 440. The van der Waals surface area contributed by atoms with E-state index in [4.69, 9.17) is 4.74 Å². The maximum atomic E-state index is 12.4. The second-order valence-electron chi connectivity index (χ2n) is 5.24. The molecule has 1 aromatic rings. The number of hydrogen-bond acceptors (Lipinski definition) is 3. The fraction of sp³-hybridized carbons (Fsp3) is 0.562. The standard InChI is InChI=1S/C16H24N2O2/c1-3-20-15-7-5-4-6-14(15)16(19)18-13-10-8-12(17-2)9-11-13/h4-7,12-13,17H,3,8-11H2,1-2H3,(H,18,19). The van der Waals surface area contributed by atoms with E-state index in [9.17, 15) is 4.79 Å². The van der Waals surface area contributed by atoms with Crippen LogP contribution in [0.15, 0.2) is 24.3 Å². The number of benzene rings is 1. The van der Waals surface area contributed by atoms with Crippen molar-refractivity contribution < 1.29 is 9.53 Å². The minimum absolute atomic E-state index is 0.0260. The summed E-state index contributed by atoms with van der Waals surface area (Å²) in [5.74, 6) is 0.637. The highest BCUT2D eigenvalue weighted by Gasteiger charge is 2.22. The van der Waals surface area contributed by atoms with E-state index in [1.54, 1.807) is 0 Å². The van der Waals surface area contributed by atoms with Crippen molar-refractivity contribution in [1.82, 2.24) is 10.6 Å². The molecule has 0 heterocycles. The lowest BCUT2D eigenvalue weighted by Gasteiger charge is -2.29. The Balaban J connectivity index is 1.95. The normalized spacial score (nSPS) is 22.3. The molecule has 0 aromatic heterocycles. The summed E-state index contributed by atoms with van der Waals surface area (Å²) in [6.45, 7) is 2.49. The third kappa shape index (κ3) is 3.73. The Hall–Kier alpha value is -1.55. The molecule has 0 saturated heterocycles. The van der Waals surface area contributed by atoms with E-state index < -0.39 is 0 Å². The molecule has 0 radical (unpaired) electrons. The smallest absolute Gasteiger partial charge is 0.255 e. The lowest BCUT2D eigenvalue weighted by molar-refractivity contribution is 0.0921. The minimum Gasteiger partial charge on any atom is -0.493 e. The molecule has 0 unspecified atom stereocenters. The molecule has 4 nitrogen and oxygen atoms in total. The van der Waals surface area contributed by atoms with Gasteiger partial charge in [0.05, 0.1) is 12.2 Å². The Morgan fingerprint density at radius 3 is 2.50 bits per heavy atom. The predicted molar refractivity (Wildman–Crippen MR) is 80.2 cm³/mol. The lowest BCUT2D eigenvalue weighted by atomic mass is 9.91. The largest absolute Gasteiger partial charge is 0.493 e. The van der Waals surface area contributed by atoms with Crippen LogP contribution in [-0.2, 0) is 0 Å². The Labute approximate surface area is 120 Å². The summed E-state index contributed by atoms with van der Waals surface area (Å²) >= 11 is 0. The predicted octanol–water partition coefficient (Wildman–Crippen LogP) is 2.35. The molecule has 1 aliphatic rings. The zero-order chi connectivity index (χ0) is 14.4. The average Bonchev–Trinajstić information content (AvgIpc) is 2.49. The van der Waals surface area contributed by atoms with E-state index in [1.807, 2.05) is 38.2 Å². The number of carbonyl (C=O) groups excluding carboxylic acids is 1. The zero-order valence-corrected chi connectivity index (χ0v) is 12.3. The summed E-state index contributed by atoms with van der Waals surface area (Å²) in [5, 5.41) is 6.43. The monoisotopic (exact) mass is 276 g/mol. The summed E-state index contributed by atoms with van der Waals surface area (Å²) < 4.78 is 5.51. The molecular weight excluding hydrogens is 252 g/mol. The first kappa shape index (κ1) is 14.9. The van der Waals surface area contributed by atoms with Crippen LogP contribution in [0.25, 0.3) is 0 Å².